The molecule has 1 saturated carbocycles. The van der Waals surface area contributed by atoms with Crippen molar-refractivity contribution >= 4 is 5.91 Å². The molecule has 1 amide bonds. The molecule has 118 valence electrons. The van der Waals surface area contributed by atoms with E-state index in [1.807, 2.05) is 6.07 Å². The molecule has 1 aromatic carbocycles. The van der Waals surface area contributed by atoms with Crippen LogP contribution in [-0.2, 0) is 9.53 Å². The van der Waals surface area contributed by atoms with E-state index in [0.717, 1.165) is 25.7 Å². The van der Waals surface area contributed by atoms with Gasteiger partial charge in [-0.3, -0.25) is 4.79 Å². The molecule has 1 aliphatic rings. The molecular weight excluding hydrogens is 276 g/mol. The molecular formula is C18H24N2O2. The van der Waals surface area contributed by atoms with Crippen molar-refractivity contribution in [3.63, 3.8) is 0 Å². The standard InChI is InChI=1S/C18H24N2O2/c1-18(12-19,13-22-2)20-17(21)16-10-8-15(9-11-16)14-6-4-3-5-7-14/h3-7,15-16H,8-11,13H2,1-2H3,(H,20,21). The van der Waals surface area contributed by atoms with E-state index in [1.165, 1.54) is 12.7 Å². The Balaban J connectivity index is 1.89. The summed E-state index contributed by atoms with van der Waals surface area (Å²) in [7, 11) is 1.53. The first-order valence-electron chi connectivity index (χ1n) is 7.85. The van der Waals surface area contributed by atoms with E-state index >= 15 is 0 Å². The number of hydrogen-bond donors (Lipinski definition) is 1. The Morgan fingerprint density at radius 3 is 2.50 bits per heavy atom. The number of nitrogens with zero attached hydrogens (tertiary/aromatic N) is 1. The maximum absolute atomic E-state index is 12.4. The lowest BCUT2D eigenvalue weighted by molar-refractivity contribution is -0.127. The zero-order valence-corrected chi connectivity index (χ0v) is 13.3. The monoisotopic (exact) mass is 300 g/mol. The molecule has 0 spiro atoms. The van der Waals surface area contributed by atoms with Crippen LogP contribution in [0.4, 0.5) is 0 Å². The second kappa shape index (κ2) is 7.42. The number of nitriles is 1. The molecule has 1 unspecified atom stereocenters. The Labute approximate surface area is 132 Å². The molecule has 1 aliphatic carbocycles. The van der Waals surface area contributed by atoms with Crippen molar-refractivity contribution in [2.24, 2.45) is 5.92 Å². The van der Waals surface area contributed by atoms with Gasteiger partial charge in [-0.05, 0) is 44.1 Å². The normalized spacial score (nSPS) is 24.0. The van der Waals surface area contributed by atoms with Gasteiger partial charge in [0.05, 0.1) is 12.7 Å². The third-order valence-electron chi connectivity index (χ3n) is 4.45. The second-order valence-electron chi connectivity index (χ2n) is 6.33. The number of ether oxygens (including phenoxy) is 1. The number of carbonyl (C=O) groups excluding carboxylic acids is 1. The van der Waals surface area contributed by atoms with Crippen LogP contribution in [0.5, 0.6) is 0 Å². The lowest BCUT2D eigenvalue weighted by Gasteiger charge is -2.30. The van der Waals surface area contributed by atoms with Gasteiger partial charge in [0.15, 0.2) is 0 Å². The average molecular weight is 300 g/mol. The lowest BCUT2D eigenvalue weighted by atomic mass is 9.78. The molecule has 0 heterocycles. The topological polar surface area (TPSA) is 62.1 Å². The summed E-state index contributed by atoms with van der Waals surface area (Å²) in [5.41, 5.74) is 0.421. The fourth-order valence-corrected chi connectivity index (χ4v) is 3.17. The number of rotatable bonds is 5. The van der Waals surface area contributed by atoms with E-state index in [0.29, 0.717) is 5.92 Å². The van der Waals surface area contributed by atoms with Crippen LogP contribution in [0.2, 0.25) is 0 Å². The number of amides is 1. The smallest absolute Gasteiger partial charge is 0.224 e. The Bertz CT molecular complexity index is 530. The fraction of sp³-hybridized carbons (Fsp3) is 0.556. The van der Waals surface area contributed by atoms with Gasteiger partial charge in [0, 0.05) is 13.0 Å². The highest BCUT2D eigenvalue weighted by atomic mass is 16.5. The zero-order chi connectivity index (χ0) is 16.0. The predicted octanol–water partition coefficient (Wildman–Crippen LogP) is 3.01. The Morgan fingerprint density at radius 2 is 1.95 bits per heavy atom. The van der Waals surface area contributed by atoms with Crippen molar-refractivity contribution in [1.29, 1.82) is 5.26 Å². The minimum atomic E-state index is -0.942. The van der Waals surface area contributed by atoms with Crippen molar-refractivity contribution in [2.75, 3.05) is 13.7 Å². The quantitative estimate of drug-likeness (QED) is 0.909. The largest absolute Gasteiger partial charge is 0.381 e. The van der Waals surface area contributed by atoms with Crippen LogP contribution < -0.4 is 5.32 Å². The van der Waals surface area contributed by atoms with Gasteiger partial charge in [0.25, 0.3) is 0 Å². The van der Waals surface area contributed by atoms with Crippen LogP contribution in [0, 0.1) is 17.2 Å². The van der Waals surface area contributed by atoms with Gasteiger partial charge in [-0.25, -0.2) is 0 Å². The summed E-state index contributed by atoms with van der Waals surface area (Å²) in [4.78, 5) is 12.4. The van der Waals surface area contributed by atoms with Crippen molar-refractivity contribution in [2.45, 2.75) is 44.1 Å². The van der Waals surface area contributed by atoms with Gasteiger partial charge < -0.3 is 10.1 Å². The van der Waals surface area contributed by atoms with Crippen molar-refractivity contribution in [3.05, 3.63) is 35.9 Å². The number of benzene rings is 1. The molecule has 1 fully saturated rings. The van der Waals surface area contributed by atoms with Crippen molar-refractivity contribution in [1.82, 2.24) is 5.32 Å². The maximum atomic E-state index is 12.4. The number of hydrogen-bond acceptors (Lipinski definition) is 3. The fourth-order valence-electron chi connectivity index (χ4n) is 3.17. The molecule has 0 aliphatic heterocycles. The SMILES string of the molecule is COCC(C)(C#N)NC(=O)C1CCC(c2ccccc2)CC1. The lowest BCUT2D eigenvalue weighted by Crippen LogP contribution is -2.50. The van der Waals surface area contributed by atoms with E-state index in [-0.39, 0.29) is 18.4 Å². The van der Waals surface area contributed by atoms with E-state index in [1.54, 1.807) is 6.92 Å². The highest BCUT2D eigenvalue weighted by Crippen LogP contribution is 2.35. The van der Waals surface area contributed by atoms with Gasteiger partial charge in [0.2, 0.25) is 5.91 Å². The van der Waals surface area contributed by atoms with Gasteiger partial charge in [-0.15, -0.1) is 0 Å². The molecule has 1 aromatic rings. The molecule has 0 aromatic heterocycles. The Hall–Kier alpha value is -1.86. The highest BCUT2D eigenvalue weighted by molar-refractivity contribution is 5.80. The van der Waals surface area contributed by atoms with Crippen LogP contribution in [-0.4, -0.2) is 25.2 Å². The first-order valence-corrected chi connectivity index (χ1v) is 7.85. The maximum Gasteiger partial charge on any atom is 0.224 e. The number of nitrogens with one attached hydrogen (secondary N) is 1. The molecule has 22 heavy (non-hydrogen) atoms. The molecule has 1 N–H and O–H groups in total. The summed E-state index contributed by atoms with van der Waals surface area (Å²) in [5.74, 6) is 0.531. The third kappa shape index (κ3) is 4.08. The van der Waals surface area contributed by atoms with Crippen LogP contribution in [0.1, 0.15) is 44.1 Å². The summed E-state index contributed by atoms with van der Waals surface area (Å²) in [6.45, 7) is 1.90. The molecule has 0 saturated heterocycles. The van der Waals surface area contributed by atoms with Crippen molar-refractivity contribution < 1.29 is 9.53 Å². The predicted molar refractivity (Wildman–Crippen MR) is 85.2 cm³/mol. The number of carbonyl (C=O) groups is 1. The molecule has 4 nitrogen and oxygen atoms in total. The molecule has 2 rings (SSSR count). The molecule has 0 bridgehead atoms. The van der Waals surface area contributed by atoms with Gasteiger partial charge in [0.1, 0.15) is 5.54 Å². The first-order chi connectivity index (χ1) is 10.6. The van der Waals surface area contributed by atoms with Gasteiger partial charge in [-0.1, -0.05) is 30.3 Å². The summed E-state index contributed by atoms with van der Waals surface area (Å²) in [6, 6.07) is 12.6. The molecule has 1 atom stereocenters. The van der Waals surface area contributed by atoms with Crippen molar-refractivity contribution in [3.8, 4) is 6.07 Å². The minimum Gasteiger partial charge on any atom is -0.381 e. The summed E-state index contributed by atoms with van der Waals surface area (Å²) in [5, 5.41) is 12.1. The van der Waals surface area contributed by atoms with E-state index in [2.05, 4.69) is 35.7 Å². The highest BCUT2D eigenvalue weighted by Gasteiger charge is 2.32. The van der Waals surface area contributed by atoms with E-state index in [9.17, 15) is 10.1 Å². The summed E-state index contributed by atoms with van der Waals surface area (Å²) in [6.07, 6.45) is 3.80. The minimum absolute atomic E-state index is 0.00416. The molecule has 4 heteroatoms. The number of methoxy groups -OCH3 is 1. The summed E-state index contributed by atoms with van der Waals surface area (Å²) < 4.78 is 5.02. The zero-order valence-electron chi connectivity index (χ0n) is 13.3. The van der Waals surface area contributed by atoms with Crippen LogP contribution in [0.3, 0.4) is 0 Å². The van der Waals surface area contributed by atoms with Crippen LogP contribution in [0.25, 0.3) is 0 Å². The van der Waals surface area contributed by atoms with Gasteiger partial charge in [-0.2, -0.15) is 5.26 Å². The van der Waals surface area contributed by atoms with E-state index in [4.69, 9.17) is 4.74 Å². The van der Waals surface area contributed by atoms with Crippen LogP contribution >= 0.6 is 0 Å². The first kappa shape index (κ1) is 16.5. The third-order valence-corrected chi connectivity index (χ3v) is 4.45. The summed E-state index contributed by atoms with van der Waals surface area (Å²) >= 11 is 0. The van der Waals surface area contributed by atoms with Gasteiger partial charge >= 0.3 is 0 Å². The second-order valence-corrected chi connectivity index (χ2v) is 6.33. The molecule has 0 radical (unpaired) electrons. The Morgan fingerprint density at radius 1 is 1.32 bits per heavy atom. The van der Waals surface area contributed by atoms with E-state index < -0.39 is 5.54 Å². The average Bonchev–Trinajstić information content (AvgIpc) is 2.56. The Kier molecular flexibility index (Phi) is 5.57. The van der Waals surface area contributed by atoms with Crippen LogP contribution in [0.15, 0.2) is 30.3 Å².